The standard InChI is InChI=1S/C12H14O2/c1-9(2)12(13)14-10(3)11-7-5-4-6-8-11/h4-9H,3H2,1-2H3. The second kappa shape index (κ2) is 4.61. The molecule has 14 heavy (non-hydrogen) atoms. The Morgan fingerprint density at radius 2 is 1.86 bits per heavy atom. The molecule has 0 bridgehead atoms. The van der Waals surface area contributed by atoms with Gasteiger partial charge in [-0.25, -0.2) is 0 Å². The highest BCUT2D eigenvalue weighted by Gasteiger charge is 2.10. The Bertz CT molecular complexity index is 325. The quantitative estimate of drug-likeness (QED) is 0.541. The third-order valence-corrected chi connectivity index (χ3v) is 1.79. The lowest BCUT2D eigenvalue weighted by Gasteiger charge is -2.08. The van der Waals surface area contributed by atoms with Crippen molar-refractivity contribution in [1.29, 1.82) is 0 Å². The van der Waals surface area contributed by atoms with Crippen molar-refractivity contribution in [2.45, 2.75) is 13.8 Å². The monoisotopic (exact) mass is 190 g/mol. The number of hydrogen-bond acceptors (Lipinski definition) is 2. The summed E-state index contributed by atoms with van der Waals surface area (Å²) in [5, 5.41) is 0. The number of ether oxygens (including phenoxy) is 1. The Balaban J connectivity index is 2.65. The second-order valence-electron chi connectivity index (χ2n) is 3.36. The average molecular weight is 190 g/mol. The molecular weight excluding hydrogens is 176 g/mol. The summed E-state index contributed by atoms with van der Waals surface area (Å²) in [6.07, 6.45) is 0. The van der Waals surface area contributed by atoms with Crippen LogP contribution in [0.5, 0.6) is 0 Å². The SMILES string of the molecule is C=C(OC(=O)C(C)C)c1ccccc1. The zero-order valence-corrected chi connectivity index (χ0v) is 8.49. The predicted octanol–water partition coefficient (Wildman–Crippen LogP) is 2.86. The molecule has 0 amide bonds. The maximum Gasteiger partial charge on any atom is 0.313 e. The van der Waals surface area contributed by atoms with Crippen molar-refractivity contribution in [3.63, 3.8) is 0 Å². The summed E-state index contributed by atoms with van der Waals surface area (Å²) in [5.74, 6) is 0.0265. The molecule has 1 aromatic rings. The summed E-state index contributed by atoms with van der Waals surface area (Å²) in [6, 6.07) is 9.38. The van der Waals surface area contributed by atoms with Gasteiger partial charge in [0.25, 0.3) is 0 Å². The molecule has 0 fully saturated rings. The predicted molar refractivity (Wildman–Crippen MR) is 56.4 cm³/mol. The number of rotatable bonds is 3. The number of hydrogen-bond donors (Lipinski definition) is 0. The Kier molecular flexibility index (Phi) is 3.46. The van der Waals surface area contributed by atoms with Crippen LogP contribution in [0.2, 0.25) is 0 Å². The molecule has 0 aromatic heterocycles. The first-order chi connectivity index (χ1) is 6.61. The normalized spacial score (nSPS) is 9.93. The van der Waals surface area contributed by atoms with Gasteiger partial charge in [0.15, 0.2) is 0 Å². The van der Waals surface area contributed by atoms with Crippen LogP contribution in [0.15, 0.2) is 36.9 Å². The largest absolute Gasteiger partial charge is 0.426 e. The van der Waals surface area contributed by atoms with E-state index >= 15 is 0 Å². The van der Waals surface area contributed by atoms with Gasteiger partial charge >= 0.3 is 5.97 Å². The maximum atomic E-state index is 11.2. The van der Waals surface area contributed by atoms with Crippen LogP contribution in [0.1, 0.15) is 19.4 Å². The molecular formula is C12H14O2. The van der Waals surface area contributed by atoms with E-state index in [1.807, 2.05) is 30.3 Å². The van der Waals surface area contributed by atoms with Gasteiger partial charge in [-0.3, -0.25) is 4.79 Å². The lowest BCUT2D eigenvalue weighted by molar-refractivity contribution is -0.140. The van der Waals surface area contributed by atoms with Crippen LogP contribution in [0.4, 0.5) is 0 Å². The summed E-state index contributed by atoms with van der Waals surface area (Å²) in [5.41, 5.74) is 0.835. The first kappa shape index (κ1) is 10.5. The van der Waals surface area contributed by atoms with Gasteiger partial charge < -0.3 is 4.74 Å². The molecule has 0 spiro atoms. The van der Waals surface area contributed by atoms with Crippen LogP contribution in [-0.2, 0) is 9.53 Å². The number of esters is 1. The third kappa shape index (κ3) is 2.73. The van der Waals surface area contributed by atoms with E-state index in [4.69, 9.17) is 4.74 Å². The van der Waals surface area contributed by atoms with Crippen molar-refractivity contribution in [1.82, 2.24) is 0 Å². The van der Waals surface area contributed by atoms with E-state index in [1.54, 1.807) is 13.8 Å². The van der Waals surface area contributed by atoms with Gasteiger partial charge in [0.05, 0.1) is 5.92 Å². The Morgan fingerprint density at radius 1 is 1.29 bits per heavy atom. The van der Waals surface area contributed by atoms with Crippen LogP contribution < -0.4 is 0 Å². The lowest BCUT2D eigenvalue weighted by Crippen LogP contribution is -2.10. The van der Waals surface area contributed by atoms with Gasteiger partial charge in [0.2, 0.25) is 0 Å². The van der Waals surface area contributed by atoms with E-state index in [0.717, 1.165) is 5.56 Å². The summed E-state index contributed by atoms with van der Waals surface area (Å²) in [7, 11) is 0. The molecule has 2 nitrogen and oxygen atoms in total. The molecule has 0 atom stereocenters. The fourth-order valence-corrected chi connectivity index (χ4v) is 0.922. The smallest absolute Gasteiger partial charge is 0.313 e. The highest BCUT2D eigenvalue weighted by Crippen LogP contribution is 2.14. The molecule has 1 aromatic carbocycles. The van der Waals surface area contributed by atoms with Crippen LogP contribution in [-0.4, -0.2) is 5.97 Å². The first-order valence-corrected chi connectivity index (χ1v) is 4.57. The molecule has 0 N–H and O–H groups in total. The van der Waals surface area contributed by atoms with Gasteiger partial charge in [-0.05, 0) is 0 Å². The van der Waals surface area contributed by atoms with E-state index < -0.39 is 0 Å². The zero-order chi connectivity index (χ0) is 10.6. The fourth-order valence-electron chi connectivity index (χ4n) is 0.922. The van der Waals surface area contributed by atoms with Crippen molar-refractivity contribution in [2.75, 3.05) is 0 Å². The molecule has 0 aliphatic heterocycles. The number of carbonyl (C=O) groups excluding carboxylic acids is 1. The summed E-state index contributed by atoms with van der Waals surface area (Å²) >= 11 is 0. The highest BCUT2D eigenvalue weighted by atomic mass is 16.5. The summed E-state index contributed by atoms with van der Waals surface area (Å²) < 4.78 is 5.06. The minimum Gasteiger partial charge on any atom is -0.426 e. The van der Waals surface area contributed by atoms with Crippen molar-refractivity contribution < 1.29 is 9.53 Å². The molecule has 0 aliphatic rings. The molecule has 0 radical (unpaired) electrons. The molecule has 0 unspecified atom stereocenters. The average Bonchev–Trinajstić information content (AvgIpc) is 2.19. The van der Waals surface area contributed by atoms with E-state index in [0.29, 0.717) is 5.76 Å². The van der Waals surface area contributed by atoms with Crippen molar-refractivity contribution in [3.05, 3.63) is 42.5 Å². The zero-order valence-electron chi connectivity index (χ0n) is 8.49. The van der Waals surface area contributed by atoms with Crippen LogP contribution in [0.25, 0.3) is 5.76 Å². The van der Waals surface area contributed by atoms with E-state index in [1.165, 1.54) is 0 Å². The van der Waals surface area contributed by atoms with Crippen molar-refractivity contribution in [2.24, 2.45) is 5.92 Å². The van der Waals surface area contributed by atoms with Gasteiger partial charge in [-0.2, -0.15) is 0 Å². The minimum absolute atomic E-state index is 0.129. The van der Waals surface area contributed by atoms with Gasteiger partial charge in [-0.15, -0.1) is 0 Å². The van der Waals surface area contributed by atoms with E-state index in [9.17, 15) is 4.79 Å². The Hall–Kier alpha value is -1.57. The molecule has 0 saturated heterocycles. The van der Waals surface area contributed by atoms with Crippen molar-refractivity contribution >= 4 is 11.7 Å². The highest BCUT2D eigenvalue weighted by molar-refractivity contribution is 5.78. The maximum absolute atomic E-state index is 11.2. The molecule has 74 valence electrons. The fraction of sp³-hybridized carbons (Fsp3) is 0.250. The molecule has 0 heterocycles. The molecule has 2 heteroatoms. The van der Waals surface area contributed by atoms with Gasteiger partial charge in [-0.1, -0.05) is 50.8 Å². The third-order valence-electron chi connectivity index (χ3n) is 1.79. The van der Waals surface area contributed by atoms with E-state index in [2.05, 4.69) is 6.58 Å². The Morgan fingerprint density at radius 3 is 2.36 bits per heavy atom. The second-order valence-corrected chi connectivity index (χ2v) is 3.36. The number of carbonyl (C=O) groups is 1. The summed E-state index contributed by atoms with van der Waals surface area (Å²) in [6.45, 7) is 7.29. The van der Waals surface area contributed by atoms with Crippen LogP contribution in [0, 0.1) is 5.92 Å². The first-order valence-electron chi connectivity index (χ1n) is 4.57. The van der Waals surface area contributed by atoms with Gasteiger partial charge in [0, 0.05) is 5.56 Å². The number of benzene rings is 1. The van der Waals surface area contributed by atoms with Crippen LogP contribution in [0.3, 0.4) is 0 Å². The van der Waals surface area contributed by atoms with Gasteiger partial charge in [0.1, 0.15) is 5.76 Å². The molecule has 1 rings (SSSR count). The van der Waals surface area contributed by atoms with E-state index in [-0.39, 0.29) is 11.9 Å². The molecule has 0 aliphatic carbocycles. The van der Waals surface area contributed by atoms with Crippen LogP contribution >= 0.6 is 0 Å². The van der Waals surface area contributed by atoms with Crippen molar-refractivity contribution in [3.8, 4) is 0 Å². The molecule has 0 saturated carbocycles. The topological polar surface area (TPSA) is 26.3 Å². The summed E-state index contributed by atoms with van der Waals surface area (Å²) in [4.78, 5) is 11.2. The minimum atomic E-state index is -0.251. The Labute approximate surface area is 84.2 Å². The lowest BCUT2D eigenvalue weighted by atomic mass is 10.2.